The van der Waals surface area contributed by atoms with Gasteiger partial charge in [-0.15, -0.1) is 0 Å². The van der Waals surface area contributed by atoms with Gasteiger partial charge >= 0.3 is 5.97 Å². The van der Waals surface area contributed by atoms with Crippen LogP contribution >= 0.6 is 0 Å². The highest BCUT2D eigenvalue weighted by Gasteiger charge is 2.08. The number of rotatable bonds is 5. The van der Waals surface area contributed by atoms with Gasteiger partial charge in [0.25, 0.3) is 0 Å². The van der Waals surface area contributed by atoms with Gasteiger partial charge in [0.2, 0.25) is 0 Å². The van der Waals surface area contributed by atoms with E-state index < -0.39 is 5.97 Å². The summed E-state index contributed by atoms with van der Waals surface area (Å²) in [6.45, 7) is 4.59. The van der Waals surface area contributed by atoms with Crippen LogP contribution in [-0.4, -0.2) is 22.7 Å². The molecule has 0 aliphatic rings. The molecule has 2 aromatic rings. The molecule has 0 unspecified atom stereocenters. The van der Waals surface area contributed by atoms with E-state index in [0.717, 1.165) is 28.9 Å². The molecule has 104 valence electrons. The SMILES string of the molecule is CCCOc1cncc(-c2ccc(C(=O)O)cc2C)c1. The molecule has 0 fully saturated rings. The first kappa shape index (κ1) is 14.1. The van der Waals surface area contributed by atoms with Crippen molar-refractivity contribution in [3.05, 3.63) is 47.8 Å². The molecule has 0 aliphatic carbocycles. The number of hydrogen-bond acceptors (Lipinski definition) is 3. The van der Waals surface area contributed by atoms with Crippen LogP contribution < -0.4 is 4.74 Å². The Morgan fingerprint density at radius 3 is 2.75 bits per heavy atom. The second-order valence-electron chi connectivity index (χ2n) is 4.59. The van der Waals surface area contributed by atoms with Gasteiger partial charge in [-0.3, -0.25) is 4.98 Å². The van der Waals surface area contributed by atoms with Crippen LogP contribution in [0.5, 0.6) is 5.75 Å². The number of pyridine rings is 1. The molecule has 0 saturated heterocycles. The number of carboxylic acids is 1. The number of ether oxygens (including phenoxy) is 1. The topological polar surface area (TPSA) is 59.4 Å². The van der Waals surface area contributed by atoms with Crippen molar-refractivity contribution in [1.29, 1.82) is 0 Å². The van der Waals surface area contributed by atoms with Gasteiger partial charge in [0.1, 0.15) is 5.75 Å². The summed E-state index contributed by atoms with van der Waals surface area (Å²) in [4.78, 5) is 15.1. The summed E-state index contributed by atoms with van der Waals surface area (Å²) < 4.78 is 5.56. The molecular weight excluding hydrogens is 254 g/mol. The van der Waals surface area contributed by atoms with Gasteiger partial charge in [-0.25, -0.2) is 4.79 Å². The van der Waals surface area contributed by atoms with Gasteiger partial charge in [0, 0.05) is 11.8 Å². The molecule has 20 heavy (non-hydrogen) atoms. The number of carboxylic acid groups (broad SMARTS) is 1. The Kier molecular flexibility index (Phi) is 4.35. The van der Waals surface area contributed by atoms with E-state index in [1.165, 1.54) is 0 Å². The highest BCUT2D eigenvalue weighted by atomic mass is 16.5. The van der Waals surface area contributed by atoms with Crippen molar-refractivity contribution >= 4 is 5.97 Å². The average Bonchev–Trinajstić information content (AvgIpc) is 2.45. The fraction of sp³-hybridized carbons (Fsp3) is 0.250. The van der Waals surface area contributed by atoms with Crippen LogP contribution in [-0.2, 0) is 0 Å². The molecule has 1 aromatic carbocycles. The minimum atomic E-state index is -0.919. The second kappa shape index (κ2) is 6.19. The van der Waals surface area contributed by atoms with E-state index in [2.05, 4.69) is 4.98 Å². The Morgan fingerprint density at radius 1 is 1.30 bits per heavy atom. The van der Waals surface area contributed by atoms with E-state index in [-0.39, 0.29) is 5.56 Å². The molecule has 4 nitrogen and oxygen atoms in total. The number of nitrogens with zero attached hydrogens (tertiary/aromatic N) is 1. The second-order valence-corrected chi connectivity index (χ2v) is 4.59. The van der Waals surface area contributed by atoms with Crippen molar-refractivity contribution in [3.63, 3.8) is 0 Å². The third-order valence-electron chi connectivity index (χ3n) is 2.97. The minimum Gasteiger partial charge on any atom is -0.492 e. The first-order valence-corrected chi connectivity index (χ1v) is 6.54. The zero-order valence-corrected chi connectivity index (χ0v) is 11.6. The average molecular weight is 271 g/mol. The smallest absolute Gasteiger partial charge is 0.335 e. The summed E-state index contributed by atoms with van der Waals surface area (Å²) in [5, 5.41) is 8.98. The minimum absolute atomic E-state index is 0.289. The van der Waals surface area contributed by atoms with Gasteiger partial charge < -0.3 is 9.84 Å². The van der Waals surface area contributed by atoms with E-state index >= 15 is 0 Å². The number of aryl methyl sites for hydroxylation is 1. The maximum absolute atomic E-state index is 10.9. The number of carbonyl (C=O) groups is 1. The van der Waals surface area contributed by atoms with E-state index in [0.29, 0.717) is 6.61 Å². The van der Waals surface area contributed by atoms with E-state index in [1.54, 1.807) is 30.6 Å². The molecule has 0 aliphatic heterocycles. The van der Waals surface area contributed by atoms with Crippen LogP contribution in [0.2, 0.25) is 0 Å². The summed E-state index contributed by atoms with van der Waals surface area (Å²) in [7, 11) is 0. The van der Waals surface area contributed by atoms with Gasteiger partial charge in [0.15, 0.2) is 0 Å². The molecule has 0 amide bonds. The van der Waals surface area contributed by atoms with Crippen molar-refractivity contribution in [2.24, 2.45) is 0 Å². The largest absolute Gasteiger partial charge is 0.492 e. The molecule has 4 heteroatoms. The number of hydrogen-bond donors (Lipinski definition) is 1. The molecule has 2 rings (SSSR count). The number of aromatic carboxylic acids is 1. The molecule has 1 N–H and O–H groups in total. The molecular formula is C16H17NO3. The Balaban J connectivity index is 2.33. The lowest BCUT2D eigenvalue weighted by atomic mass is 9.99. The number of benzene rings is 1. The Hall–Kier alpha value is -2.36. The zero-order valence-electron chi connectivity index (χ0n) is 11.6. The van der Waals surface area contributed by atoms with Crippen LogP contribution in [0.4, 0.5) is 0 Å². The maximum atomic E-state index is 10.9. The van der Waals surface area contributed by atoms with Crippen molar-refractivity contribution in [1.82, 2.24) is 4.98 Å². The van der Waals surface area contributed by atoms with Crippen LogP contribution in [0.25, 0.3) is 11.1 Å². The summed E-state index contributed by atoms with van der Waals surface area (Å²) >= 11 is 0. The lowest BCUT2D eigenvalue weighted by Crippen LogP contribution is -1.98. The predicted octanol–water partition coefficient (Wildman–Crippen LogP) is 3.54. The van der Waals surface area contributed by atoms with Crippen LogP contribution in [0.1, 0.15) is 29.3 Å². The first-order valence-electron chi connectivity index (χ1n) is 6.54. The summed E-state index contributed by atoms with van der Waals surface area (Å²) in [6, 6.07) is 6.99. The van der Waals surface area contributed by atoms with Crippen LogP contribution in [0.15, 0.2) is 36.7 Å². The third-order valence-corrected chi connectivity index (χ3v) is 2.97. The van der Waals surface area contributed by atoms with Crippen molar-refractivity contribution in [3.8, 4) is 16.9 Å². The van der Waals surface area contributed by atoms with Crippen molar-refractivity contribution < 1.29 is 14.6 Å². The zero-order chi connectivity index (χ0) is 14.5. The van der Waals surface area contributed by atoms with Crippen LogP contribution in [0, 0.1) is 6.92 Å². The highest BCUT2D eigenvalue weighted by molar-refractivity contribution is 5.89. The summed E-state index contributed by atoms with van der Waals surface area (Å²) in [6.07, 6.45) is 4.37. The first-order chi connectivity index (χ1) is 9.61. The number of aromatic nitrogens is 1. The van der Waals surface area contributed by atoms with E-state index in [1.807, 2.05) is 19.9 Å². The quantitative estimate of drug-likeness (QED) is 0.903. The normalized spacial score (nSPS) is 10.3. The Bertz CT molecular complexity index is 623. The maximum Gasteiger partial charge on any atom is 0.335 e. The fourth-order valence-electron chi connectivity index (χ4n) is 1.99. The molecule has 1 heterocycles. The van der Waals surface area contributed by atoms with E-state index in [9.17, 15) is 4.79 Å². The molecule has 0 atom stereocenters. The monoisotopic (exact) mass is 271 g/mol. The lowest BCUT2D eigenvalue weighted by Gasteiger charge is -2.09. The molecule has 1 aromatic heterocycles. The molecule has 0 bridgehead atoms. The third kappa shape index (κ3) is 3.15. The van der Waals surface area contributed by atoms with Gasteiger partial charge in [-0.1, -0.05) is 13.0 Å². The van der Waals surface area contributed by atoms with Crippen LogP contribution in [0.3, 0.4) is 0 Å². The Labute approximate surface area is 118 Å². The summed E-state index contributed by atoms with van der Waals surface area (Å²) in [5.41, 5.74) is 3.08. The molecule has 0 spiro atoms. The predicted molar refractivity (Wildman–Crippen MR) is 77.2 cm³/mol. The Morgan fingerprint density at radius 2 is 2.10 bits per heavy atom. The fourth-order valence-corrected chi connectivity index (χ4v) is 1.99. The highest BCUT2D eigenvalue weighted by Crippen LogP contribution is 2.26. The lowest BCUT2D eigenvalue weighted by molar-refractivity contribution is 0.0697. The van der Waals surface area contributed by atoms with Crippen molar-refractivity contribution in [2.75, 3.05) is 6.61 Å². The summed E-state index contributed by atoms with van der Waals surface area (Å²) in [5.74, 6) is -0.191. The standard InChI is InChI=1S/C16H17NO3/c1-3-6-20-14-8-13(9-17-10-14)15-5-4-12(16(18)19)7-11(15)2/h4-5,7-10H,3,6H2,1-2H3,(H,18,19). The van der Waals surface area contributed by atoms with Gasteiger partial charge in [-0.05, 0) is 42.7 Å². The van der Waals surface area contributed by atoms with Gasteiger partial charge in [-0.2, -0.15) is 0 Å². The van der Waals surface area contributed by atoms with E-state index in [4.69, 9.17) is 9.84 Å². The molecule has 0 saturated carbocycles. The van der Waals surface area contributed by atoms with Gasteiger partial charge in [0.05, 0.1) is 18.4 Å². The van der Waals surface area contributed by atoms with Crippen molar-refractivity contribution in [2.45, 2.75) is 20.3 Å². The molecule has 0 radical (unpaired) electrons.